The SMILES string of the molecule is COC(=S)NC[C@H]1CN(c2cc(F)c(N3CCN(C)N(Cc4csnn4)CC3)c(F)c2)C(=O)O1. The molecule has 34 heavy (non-hydrogen) atoms. The number of benzene rings is 1. The molecule has 2 fully saturated rings. The minimum absolute atomic E-state index is 0.102. The van der Waals surface area contributed by atoms with Crippen LogP contribution in [0.4, 0.5) is 25.0 Å². The number of cyclic esters (lactones) is 1. The van der Waals surface area contributed by atoms with Crippen molar-refractivity contribution in [1.82, 2.24) is 24.9 Å². The Morgan fingerprint density at radius 1 is 1.29 bits per heavy atom. The van der Waals surface area contributed by atoms with Crippen LogP contribution in [-0.2, 0) is 16.0 Å². The molecular formula is C20H25F2N7O3S2. The molecule has 3 heterocycles. The summed E-state index contributed by atoms with van der Waals surface area (Å²) in [6, 6.07) is 2.34. The van der Waals surface area contributed by atoms with Crippen molar-refractivity contribution in [3.8, 4) is 0 Å². The third-order valence-electron chi connectivity index (χ3n) is 5.72. The maximum atomic E-state index is 15.2. The summed E-state index contributed by atoms with van der Waals surface area (Å²) >= 11 is 6.19. The molecule has 184 valence electrons. The number of thiocarbonyl (C=S) groups is 1. The van der Waals surface area contributed by atoms with Gasteiger partial charge in [-0.2, -0.15) is 0 Å². The van der Waals surface area contributed by atoms with Gasteiger partial charge in [0.1, 0.15) is 11.8 Å². The number of amides is 1. The normalized spacial score (nSPS) is 19.8. The summed E-state index contributed by atoms with van der Waals surface area (Å²) in [4.78, 5) is 15.2. The zero-order valence-corrected chi connectivity index (χ0v) is 20.4. The lowest BCUT2D eigenvalue weighted by atomic mass is 10.2. The summed E-state index contributed by atoms with van der Waals surface area (Å²) in [7, 11) is 3.36. The van der Waals surface area contributed by atoms with Gasteiger partial charge in [0.05, 0.1) is 38.1 Å². The summed E-state index contributed by atoms with van der Waals surface area (Å²) in [6.07, 6.45) is -1.21. The van der Waals surface area contributed by atoms with Gasteiger partial charge in [-0.3, -0.25) is 4.90 Å². The first-order valence-electron chi connectivity index (χ1n) is 10.6. The van der Waals surface area contributed by atoms with Crippen LogP contribution in [0.5, 0.6) is 0 Å². The van der Waals surface area contributed by atoms with Gasteiger partial charge in [0.25, 0.3) is 5.17 Å². The second-order valence-electron chi connectivity index (χ2n) is 7.90. The lowest BCUT2D eigenvalue weighted by molar-refractivity contribution is 0.00471. The first-order valence-corrected chi connectivity index (χ1v) is 11.9. The van der Waals surface area contributed by atoms with E-state index in [-0.39, 0.29) is 29.6 Å². The molecule has 1 N–H and O–H groups in total. The van der Waals surface area contributed by atoms with E-state index >= 15 is 8.78 Å². The van der Waals surface area contributed by atoms with Gasteiger partial charge in [-0.25, -0.2) is 23.6 Å². The molecule has 10 nitrogen and oxygen atoms in total. The molecule has 0 bridgehead atoms. The van der Waals surface area contributed by atoms with Crippen molar-refractivity contribution in [2.45, 2.75) is 12.6 Å². The number of hydrogen-bond donors (Lipinski definition) is 1. The van der Waals surface area contributed by atoms with Crippen molar-refractivity contribution in [2.24, 2.45) is 0 Å². The van der Waals surface area contributed by atoms with Crippen LogP contribution in [0.2, 0.25) is 0 Å². The van der Waals surface area contributed by atoms with E-state index in [1.807, 2.05) is 17.4 Å². The van der Waals surface area contributed by atoms with Gasteiger partial charge in [0, 0.05) is 50.7 Å². The number of anilines is 2. The lowest BCUT2D eigenvalue weighted by Crippen LogP contribution is -2.40. The number of halogens is 2. The molecule has 2 saturated heterocycles. The van der Waals surface area contributed by atoms with Gasteiger partial charge >= 0.3 is 6.09 Å². The molecule has 0 radical (unpaired) electrons. The average molecular weight is 514 g/mol. The van der Waals surface area contributed by atoms with E-state index in [0.29, 0.717) is 32.7 Å². The third kappa shape index (κ3) is 5.51. The number of ether oxygens (including phenoxy) is 2. The first kappa shape index (κ1) is 24.4. The Balaban J connectivity index is 1.44. The highest BCUT2D eigenvalue weighted by molar-refractivity contribution is 7.80. The van der Waals surface area contributed by atoms with Crippen molar-refractivity contribution < 1.29 is 23.0 Å². The molecule has 2 aromatic rings. The maximum Gasteiger partial charge on any atom is 0.414 e. The molecule has 0 saturated carbocycles. The quantitative estimate of drug-likeness (QED) is 0.578. The zero-order valence-electron chi connectivity index (χ0n) is 18.7. The average Bonchev–Trinajstić information content (AvgIpc) is 3.42. The number of rotatable bonds is 6. The van der Waals surface area contributed by atoms with E-state index in [2.05, 4.69) is 19.9 Å². The summed E-state index contributed by atoms with van der Waals surface area (Å²) in [6.45, 7) is 2.94. The monoisotopic (exact) mass is 513 g/mol. The van der Waals surface area contributed by atoms with Gasteiger partial charge in [0.15, 0.2) is 11.6 Å². The van der Waals surface area contributed by atoms with E-state index in [4.69, 9.17) is 21.7 Å². The highest BCUT2D eigenvalue weighted by atomic mass is 32.1. The lowest BCUT2D eigenvalue weighted by Gasteiger charge is -2.28. The number of hydrazine groups is 1. The Morgan fingerprint density at radius 2 is 2.03 bits per heavy atom. The molecule has 1 aromatic carbocycles. The van der Waals surface area contributed by atoms with Gasteiger partial charge < -0.3 is 19.7 Å². The molecule has 2 aliphatic rings. The van der Waals surface area contributed by atoms with Crippen LogP contribution >= 0.6 is 23.8 Å². The molecule has 4 rings (SSSR count). The fourth-order valence-corrected chi connectivity index (χ4v) is 4.43. The van der Waals surface area contributed by atoms with Crippen molar-refractivity contribution >= 4 is 46.4 Å². The summed E-state index contributed by atoms with van der Waals surface area (Å²) < 4.78 is 44.3. The molecule has 2 aliphatic heterocycles. The van der Waals surface area contributed by atoms with Gasteiger partial charge in [0.2, 0.25) is 0 Å². The van der Waals surface area contributed by atoms with Crippen LogP contribution in [0, 0.1) is 11.6 Å². The van der Waals surface area contributed by atoms with E-state index < -0.39 is 23.8 Å². The second-order valence-corrected chi connectivity index (χ2v) is 8.88. The Morgan fingerprint density at radius 3 is 2.71 bits per heavy atom. The minimum Gasteiger partial charge on any atom is -0.474 e. The minimum atomic E-state index is -0.732. The molecule has 1 atom stereocenters. The number of nitrogens with one attached hydrogen (secondary N) is 1. The van der Waals surface area contributed by atoms with Crippen LogP contribution in [0.25, 0.3) is 0 Å². The predicted molar refractivity (Wildman–Crippen MR) is 127 cm³/mol. The summed E-state index contributed by atoms with van der Waals surface area (Å²) in [5.41, 5.74) is 0.845. The Bertz CT molecular complexity index is 1010. The highest BCUT2D eigenvalue weighted by Gasteiger charge is 2.34. The Hall–Kier alpha value is -2.68. The van der Waals surface area contributed by atoms with Gasteiger partial charge in [-0.05, 0) is 23.8 Å². The van der Waals surface area contributed by atoms with Crippen LogP contribution in [0.15, 0.2) is 17.5 Å². The van der Waals surface area contributed by atoms with Crippen molar-refractivity contribution in [1.29, 1.82) is 0 Å². The first-order chi connectivity index (χ1) is 16.4. The van der Waals surface area contributed by atoms with Crippen LogP contribution in [-0.4, -0.2) is 90.4 Å². The predicted octanol–water partition coefficient (Wildman–Crippen LogP) is 1.83. The van der Waals surface area contributed by atoms with E-state index in [9.17, 15) is 4.79 Å². The maximum absolute atomic E-state index is 15.2. The van der Waals surface area contributed by atoms with Crippen molar-refractivity contribution in [3.63, 3.8) is 0 Å². The number of carbonyl (C=O) groups is 1. The Kier molecular flexibility index (Phi) is 7.70. The van der Waals surface area contributed by atoms with Crippen LogP contribution in [0.1, 0.15) is 5.69 Å². The fraction of sp³-hybridized carbons (Fsp3) is 0.500. The topological polar surface area (TPSA) is 86.3 Å². The standard InChI is InChI=1S/C20H25F2N7O3S2/c1-26-3-4-27(5-6-28(26)10-13-12-34-25-24-13)18-16(21)7-14(8-17(18)22)29-11-15(32-20(29)30)9-23-19(33)31-2/h7-8,12,15H,3-6,9-11H2,1-2H3,(H,23,33)/t15-/m0/s1. The molecule has 1 aromatic heterocycles. The molecule has 0 spiro atoms. The molecule has 0 aliphatic carbocycles. The van der Waals surface area contributed by atoms with Crippen molar-refractivity contribution in [3.05, 3.63) is 34.8 Å². The van der Waals surface area contributed by atoms with Crippen molar-refractivity contribution in [2.75, 3.05) is 63.2 Å². The number of likely N-dealkylation sites (N-methyl/N-ethyl adjacent to an activating group) is 1. The number of methoxy groups -OCH3 is 1. The third-order valence-corrected chi connectivity index (χ3v) is 6.58. The number of hydrogen-bond acceptors (Lipinski definition) is 10. The summed E-state index contributed by atoms with van der Waals surface area (Å²) in [5, 5.41) is 13.0. The Labute approximate surface area is 205 Å². The molecule has 14 heteroatoms. The number of carbonyl (C=O) groups excluding carboxylic acids is 1. The fourth-order valence-electron chi connectivity index (χ4n) is 3.91. The van der Waals surface area contributed by atoms with Crippen LogP contribution in [0.3, 0.4) is 0 Å². The van der Waals surface area contributed by atoms with Crippen LogP contribution < -0.4 is 15.1 Å². The smallest absolute Gasteiger partial charge is 0.414 e. The van der Waals surface area contributed by atoms with E-state index in [1.165, 1.54) is 35.7 Å². The zero-order chi connectivity index (χ0) is 24.2. The van der Waals surface area contributed by atoms with E-state index in [0.717, 1.165) is 5.69 Å². The number of aromatic nitrogens is 2. The molecule has 1 amide bonds. The van der Waals surface area contributed by atoms with E-state index in [1.54, 1.807) is 4.90 Å². The summed E-state index contributed by atoms with van der Waals surface area (Å²) in [5.74, 6) is -1.46. The second kappa shape index (κ2) is 10.7. The number of nitrogens with zero attached hydrogens (tertiary/aromatic N) is 6. The highest BCUT2D eigenvalue weighted by Crippen LogP contribution is 2.31. The van der Waals surface area contributed by atoms with Gasteiger partial charge in [-0.1, -0.05) is 4.49 Å². The largest absolute Gasteiger partial charge is 0.474 e. The van der Waals surface area contributed by atoms with Gasteiger partial charge in [-0.15, -0.1) is 5.10 Å². The molecular weight excluding hydrogens is 488 g/mol. The molecule has 0 unspecified atom stereocenters.